The molecule has 0 aliphatic carbocycles. The fourth-order valence-corrected chi connectivity index (χ4v) is 2.49. The Labute approximate surface area is 93.1 Å². The van der Waals surface area contributed by atoms with Crippen molar-refractivity contribution >= 4 is 16.0 Å². The van der Waals surface area contributed by atoms with Gasteiger partial charge in [0.2, 0.25) is 10.0 Å². The van der Waals surface area contributed by atoms with Crippen molar-refractivity contribution in [1.29, 1.82) is 0 Å². The van der Waals surface area contributed by atoms with E-state index in [0.717, 1.165) is 0 Å². The van der Waals surface area contributed by atoms with E-state index in [0.29, 0.717) is 5.69 Å². The third-order valence-corrected chi connectivity index (χ3v) is 3.83. The molecule has 0 radical (unpaired) electrons. The molecule has 0 saturated carbocycles. The van der Waals surface area contributed by atoms with Crippen molar-refractivity contribution in [2.45, 2.75) is 24.8 Å². The molecule has 1 atom stereocenters. The summed E-state index contributed by atoms with van der Waals surface area (Å²) in [5.74, 6) is -1.23. The van der Waals surface area contributed by atoms with E-state index in [4.69, 9.17) is 5.11 Å². The van der Waals surface area contributed by atoms with Crippen LogP contribution in [0.2, 0.25) is 0 Å². The Morgan fingerprint density at radius 3 is 2.56 bits per heavy atom. The summed E-state index contributed by atoms with van der Waals surface area (Å²) >= 11 is 0. The molecule has 0 unspecified atom stereocenters. The Morgan fingerprint density at radius 2 is 2.19 bits per heavy atom. The van der Waals surface area contributed by atoms with Gasteiger partial charge in [-0.2, -0.15) is 9.82 Å². The second kappa shape index (κ2) is 4.22. The van der Waals surface area contributed by atoms with Crippen LogP contribution in [0.4, 0.5) is 0 Å². The van der Waals surface area contributed by atoms with E-state index in [1.165, 1.54) is 17.8 Å². The van der Waals surface area contributed by atoms with Crippen LogP contribution >= 0.6 is 0 Å². The molecule has 0 bridgehead atoms. The molecule has 1 aromatic rings. The number of sulfonamides is 1. The molecular weight excluding hydrogens is 234 g/mol. The summed E-state index contributed by atoms with van der Waals surface area (Å²) in [6.45, 7) is 2.85. The molecule has 1 rings (SSSR count). The average molecular weight is 247 g/mol. The number of hydrogen-bond acceptors (Lipinski definition) is 4. The fraction of sp³-hybridized carbons (Fsp3) is 0.500. The highest BCUT2D eigenvalue weighted by Gasteiger charge is 2.24. The molecule has 90 valence electrons. The highest BCUT2D eigenvalue weighted by Crippen LogP contribution is 2.13. The van der Waals surface area contributed by atoms with Gasteiger partial charge in [-0.3, -0.25) is 9.48 Å². The van der Waals surface area contributed by atoms with Gasteiger partial charge in [0.05, 0.1) is 11.9 Å². The Balaban J connectivity index is 3.04. The monoisotopic (exact) mass is 247 g/mol. The number of carbonyl (C=O) groups is 1. The number of rotatable bonds is 4. The SMILES string of the molecule is Cc1c(S(=O)(=O)N[C@@H](C)C(=O)O)cnn1C. The average Bonchev–Trinajstić information content (AvgIpc) is 2.47. The Kier molecular flexibility index (Phi) is 3.34. The first-order valence-corrected chi connectivity index (χ1v) is 5.97. The number of nitrogens with one attached hydrogen (secondary N) is 1. The second-order valence-electron chi connectivity index (χ2n) is 3.40. The number of aliphatic carboxylic acids is 1. The quantitative estimate of drug-likeness (QED) is 0.745. The molecule has 0 saturated heterocycles. The van der Waals surface area contributed by atoms with Gasteiger partial charge in [0.15, 0.2) is 0 Å². The van der Waals surface area contributed by atoms with Crippen LogP contribution in [-0.4, -0.2) is 35.3 Å². The molecule has 0 aliphatic heterocycles. The van der Waals surface area contributed by atoms with Crippen molar-refractivity contribution in [3.8, 4) is 0 Å². The van der Waals surface area contributed by atoms with E-state index >= 15 is 0 Å². The predicted octanol–water partition coefficient (Wildman–Crippen LogP) is -0.520. The highest BCUT2D eigenvalue weighted by molar-refractivity contribution is 7.89. The maximum Gasteiger partial charge on any atom is 0.321 e. The summed E-state index contributed by atoms with van der Waals surface area (Å²) < 4.78 is 27.0. The summed E-state index contributed by atoms with van der Waals surface area (Å²) in [4.78, 5) is 10.5. The maximum atomic E-state index is 11.8. The number of nitrogens with zero attached hydrogens (tertiary/aromatic N) is 2. The zero-order valence-electron chi connectivity index (χ0n) is 9.13. The van der Waals surface area contributed by atoms with Gasteiger partial charge in [0.25, 0.3) is 0 Å². The van der Waals surface area contributed by atoms with Crippen molar-refractivity contribution in [1.82, 2.24) is 14.5 Å². The van der Waals surface area contributed by atoms with Crippen LogP contribution in [0.5, 0.6) is 0 Å². The van der Waals surface area contributed by atoms with Crippen LogP contribution in [0.1, 0.15) is 12.6 Å². The summed E-state index contributed by atoms with van der Waals surface area (Å²) in [6.07, 6.45) is 1.19. The summed E-state index contributed by atoms with van der Waals surface area (Å²) in [7, 11) is -2.22. The second-order valence-corrected chi connectivity index (χ2v) is 5.08. The molecule has 7 nitrogen and oxygen atoms in total. The maximum absolute atomic E-state index is 11.8. The van der Waals surface area contributed by atoms with Crippen LogP contribution in [0.15, 0.2) is 11.1 Å². The van der Waals surface area contributed by atoms with E-state index in [-0.39, 0.29) is 4.90 Å². The van der Waals surface area contributed by atoms with E-state index in [1.54, 1.807) is 14.0 Å². The lowest BCUT2D eigenvalue weighted by molar-refractivity contribution is -0.138. The van der Waals surface area contributed by atoms with Crippen LogP contribution in [-0.2, 0) is 21.9 Å². The number of aromatic nitrogens is 2. The molecule has 1 heterocycles. The van der Waals surface area contributed by atoms with Crippen LogP contribution in [0, 0.1) is 6.92 Å². The van der Waals surface area contributed by atoms with Crippen LogP contribution in [0.3, 0.4) is 0 Å². The zero-order chi connectivity index (χ0) is 12.5. The molecule has 16 heavy (non-hydrogen) atoms. The number of hydrogen-bond donors (Lipinski definition) is 2. The Morgan fingerprint density at radius 1 is 1.62 bits per heavy atom. The van der Waals surface area contributed by atoms with E-state index in [9.17, 15) is 13.2 Å². The largest absolute Gasteiger partial charge is 0.480 e. The van der Waals surface area contributed by atoms with Gasteiger partial charge in [-0.25, -0.2) is 8.42 Å². The number of aryl methyl sites for hydroxylation is 1. The summed E-state index contributed by atoms with van der Waals surface area (Å²) in [5.41, 5.74) is 0.449. The summed E-state index contributed by atoms with van der Waals surface area (Å²) in [5, 5.41) is 12.4. The lowest BCUT2D eigenvalue weighted by Gasteiger charge is -2.09. The van der Waals surface area contributed by atoms with Crippen molar-refractivity contribution in [3.63, 3.8) is 0 Å². The normalized spacial score (nSPS) is 13.7. The molecule has 0 spiro atoms. The van der Waals surface area contributed by atoms with Gasteiger partial charge in [0, 0.05) is 7.05 Å². The van der Waals surface area contributed by atoms with Gasteiger partial charge < -0.3 is 5.11 Å². The first-order chi connectivity index (χ1) is 7.25. The fourth-order valence-electron chi connectivity index (χ4n) is 1.09. The highest BCUT2D eigenvalue weighted by atomic mass is 32.2. The van der Waals surface area contributed by atoms with Gasteiger partial charge in [0.1, 0.15) is 10.9 Å². The van der Waals surface area contributed by atoms with E-state index in [1.807, 2.05) is 4.72 Å². The third-order valence-electron chi connectivity index (χ3n) is 2.18. The smallest absolute Gasteiger partial charge is 0.321 e. The van der Waals surface area contributed by atoms with Gasteiger partial charge in [-0.15, -0.1) is 0 Å². The van der Waals surface area contributed by atoms with Gasteiger partial charge in [-0.05, 0) is 13.8 Å². The third kappa shape index (κ3) is 2.39. The van der Waals surface area contributed by atoms with Gasteiger partial charge in [-0.1, -0.05) is 0 Å². The topological polar surface area (TPSA) is 101 Å². The standard InChI is InChI=1S/C8H13N3O4S/c1-5(8(12)13)10-16(14,15)7-4-9-11(3)6(7)2/h4-5,10H,1-3H3,(H,12,13)/t5-/m0/s1. The van der Waals surface area contributed by atoms with Crippen molar-refractivity contribution in [2.24, 2.45) is 7.05 Å². The number of carboxylic acid groups (broad SMARTS) is 1. The molecular formula is C8H13N3O4S. The Bertz CT molecular complexity index is 505. The lowest BCUT2D eigenvalue weighted by Crippen LogP contribution is -2.38. The van der Waals surface area contributed by atoms with E-state index in [2.05, 4.69) is 5.10 Å². The molecule has 0 amide bonds. The predicted molar refractivity (Wildman–Crippen MR) is 55.4 cm³/mol. The minimum absolute atomic E-state index is 0.0110. The zero-order valence-corrected chi connectivity index (χ0v) is 9.95. The molecule has 1 aromatic heterocycles. The van der Waals surface area contributed by atoms with E-state index < -0.39 is 22.0 Å². The van der Waals surface area contributed by atoms with Gasteiger partial charge >= 0.3 is 5.97 Å². The van der Waals surface area contributed by atoms with Crippen molar-refractivity contribution in [2.75, 3.05) is 0 Å². The molecule has 8 heteroatoms. The van der Waals surface area contributed by atoms with Crippen molar-refractivity contribution in [3.05, 3.63) is 11.9 Å². The Hall–Kier alpha value is -1.41. The number of carboxylic acids is 1. The minimum atomic E-state index is -3.83. The first-order valence-electron chi connectivity index (χ1n) is 4.49. The molecule has 0 aromatic carbocycles. The van der Waals surface area contributed by atoms with Crippen molar-refractivity contribution < 1.29 is 18.3 Å². The molecule has 0 aliphatic rings. The van der Waals surface area contributed by atoms with Crippen LogP contribution < -0.4 is 4.72 Å². The minimum Gasteiger partial charge on any atom is -0.480 e. The lowest BCUT2D eigenvalue weighted by atomic mass is 10.4. The van der Waals surface area contributed by atoms with Crippen LogP contribution in [0.25, 0.3) is 0 Å². The first kappa shape index (κ1) is 12.7. The molecule has 0 fully saturated rings. The molecule has 2 N–H and O–H groups in total. The summed E-state index contributed by atoms with van der Waals surface area (Å²) in [6, 6.07) is -1.18.